The van der Waals surface area contributed by atoms with Gasteiger partial charge in [0.2, 0.25) is 0 Å². The van der Waals surface area contributed by atoms with Gasteiger partial charge in [0.05, 0.1) is 0 Å². The van der Waals surface area contributed by atoms with Crippen molar-refractivity contribution >= 4 is 5.78 Å². The fraction of sp³-hybridized carbons (Fsp3) is 0.462. The number of hydrogen-bond donors (Lipinski definition) is 0. The predicted octanol–water partition coefficient (Wildman–Crippen LogP) is 3.33. The smallest absolute Gasteiger partial charge is 0.130 e. The number of benzene rings is 1. The first kappa shape index (κ1) is 11.0. The molecule has 0 saturated heterocycles. The van der Waals surface area contributed by atoms with Crippen molar-refractivity contribution in [3.05, 3.63) is 35.4 Å². The second-order valence-corrected chi connectivity index (χ2v) is 4.06. The fourth-order valence-electron chi connectivity index (χ4n) is 1.64. The molecular weight excluding hydrogens is 172 g/mol. The molecule has 0 radical (unpaired) electrons. The number of ketones is 1. The van der Waals surface area contributed by atoms with Crippen molar-refractivity contribution in [2.45, 2.75) is 39.5 Å². The van der Waals surface area contributed by atoms with Gasteiger partial charge in [0, 0.05) is 6.42 Å². The highest BCUT2D eigenvalue weighted by molar-refractivity contribution is 5.75. The quantitative estimate of drug-likeness (QED) is 0.711. The van der Waals surface area contributed by atoms with Gasteiger partial charge < -0.3 is 4.79 Å². The molecule has 1 heteroatoms. The van der Waals surface area contributed by atoms with Crippen LogP contribution in [0.25, 0.3) is 0 Å². The normalized spacial score (nSPS) is 10.6. The maximum atomic E-state index is 10.9. The molecule has 0 N–H and O–H groups in total. The molecular formula is C13H18O. The number of rotatable bonds is 4. The highest BCUT2D eigenvalue weighted by Gasteiger charge is 2.05. The molecule has 1 rings (SSSR count). The zero-order valence-electron chi connectivity index (χ0n) is 9.21. The Bertz CT molecular complexity index is 313. The molecule has 0 atom stereocenters. The molecule has 1 nitrogen and oxygen atoms in total. The van der Waals surface area contributed by atoms with E-state index >= 15 is 0 Å². The summed E-state index contributed by atoms with van der Waals surface area (Å²) in [5.41, 5.74) is 2.69. The van der Waals surface area contributed by atoms with Crippen LogP contribution in [0.5, 0.6) is 0 Å². The van der Waals surface area contributed by atoms with E-state index in [1.807, 2.05) is 6.07 Å². The maximum absolute atomic E-state index is 10.9. The highest BCUT2D eigenvalue weighted by Crippen LogP contribution is 2.20. The van der Waals surface area contributed by atoms with Gasteiger partial charge in [-0.1, -0.05) is 38.1 Å². The van der Waals surface area contributed by atoms with E-state index in [9.17, 15) is 4.79 Å². The van der Waals surface area contributed by atoms with Gasteiger partial charge in [-0.05, 0) is 30.4 Å². The van der Waals surface area contributed by atoms with Crippen LogP contribution in [0.4, 0.5) is 0 Å². The summed E-state index contributed by atoms with van der Waals surface area (Å²) in [6, 6.07) is 8.38. The summed E-state index contributed by atoms with van der Waals surface area (Å²) in [5, 5.41) is 0. The number of carbonyl (C=O) groups excluding carboxylic acids is 1. The Morgan fingerprint density at radius 1 is 1.29 bits per heavy atom. The monoisotopic (exact) mass is 190 g/mol. The van der Waals surface area contributed by atoms with Gasteiger partial charge in [0.1, 0.15) is 5.78 Å². The molecule has 0 aromatic heterocycles. The van der Waals surface area contributed by atoms with Crippen molar-refractivity contribution in [1.29, 1.82) is 0 Å². The predicted molar refractivity (Wildman–Crippen MR) is 59.5 cm³/mol. The summed E-state index contributed by atoms with van der Waals surface area (Å²) >= 11 is 0. The van der Waals surface area contributed by atoms with E-state index in [0.29, 0.717) is 12.3 Å². The van der Waals surface area contributed by atoms with Gasteiger partial charge >= 0.3 is 0 Å². The number of hydrogen-bond acceptors (Lipinski definition) is 1. The summed E-state index contributed by atoms with van der Waals surface area (Å²) in [7, 11) is 0. The molecule has 76 valence electrons. The second-order valence-electron chi connectivity index (χ2n) is 4.06. The van der Waals surface area contributed by atoms with E-state index in [2.05, 4.69) is 32.0 Å². The van der Waals surface area contributed by atoms with E-state index in [1.54, 1.807) is 6.92 Å². The van der Waals surface area contributed by atoms with Crippen molar-refractivity contribution in [2.75, 3.05) is 0 Å². The first-order chi connectivity index (χ1) is 6.61. The molecule has 0 aliphatic rings. The van der Waals surface area contributed by atoms with E-state index in [-0.39, 0.29) is 5.78 Å². The fourth-order valence-corrected chi connectivity index (χ4v) is 1.64. The minimum atomic E-state index is 0.267. The van der Waals surface area contributed by atoms with E-state index in [1.165, 1.54) is 11.1 Å². The van der Waals surface area contributed by atoms with Crippen molar-refractivity contribution in [3.63, 3.8) is 0 Å². The van der Waals surface area contributed by atoms with Gasteiger partial charge in [-0.3, -0.25) is 0 Å². The molecule has 0 heterocycles. The van der Waals surface area contributed by atoms with Crippen LogP contribution in [-0.2, 0) is 11.2 Å². The summed E-state index contributed by atoms with van der Waals surface area (Å²) in [4.78, 5) is 10.9. The summed E-state index contributed by atoms with van der Waals surface area (Å²) in [6.45, 7) is 6.02. The Labute approximate surface area is 86.1 Å². The Kier molecular flexibility index (Phi) is 3.87. The van der Waals surface area contributed by atoms with E-state index < -0.39 is 0 Å². The summed E-state index contributed by atoms with van der Waals surface area (Å²) in [5.74, 6) is 0.807. The molecule has 0 amide bonds. The van der Waals surface area contributed by atoms with Gasteiger partial charge in [-0.2, -0.15) is 0 Å². The summed E-state index contributed by atoms with van der Waals surface area (Å²) < 4.78 is 0. The third-order valence-electron chi connectivity index (χ3n) is 2.42. The van der Waals surface area contributed by atoms with Crippen LogP contribution in [-0.4, -0.2) is 5.78 Å². The highest BCUT2D eigenvalue weighted by atomic mass is 16.1. The molecule has 0 unspecified atom stereocenters. The first-order valence-corrected chi connectivity index (χ1v) is 5.18. The molecule has 0 aliphatic heterocycles. The van der Waals surface area contributed by atoms with Gasteiger partial charge in [-0.25, -0.2) is 0 Å². The minimum absolute atomic E-state index is 0.267. The third kappa shape index (κ3) is 2.99. The number of aryl methyl sites for hydroxylation is 1. The zero-order valence-corrected chi connectivity index (χ0v) is 9.21. The molecule has 1 aromatic carbocycles. The maximum Gasteiger partial charge on any atom is 0.130 e. The second kappa shape index (κ2) is 4.94. The Morgan fingerprint density at radius 3 is 2.50 bits per heavy atom. The SMILES string of the molecule is CC(=O)CCc1ccccc1C(C)C. The molecule has 0 spiro atoms. The summed E-state index contributed by atoms with van der Waals surface area (Å²) in [6.07, 6.45) is 1.54. The molecule has 0 aliphatic carbocycles. The van der Waals surface area contributed by atoms with Crippen LogP contribution >= 0.6 is 0 Å². The van der Waals surface area contributed by atoms with Crippen LogP contribution in [0, 0.1) is 0 Å². The third-order valence-corrected chi connectivity index (χ3v) is 2.42. The van der Waals surface area contributed by atoms with Gasteiger partial charge in [0.15, 0.2) is 0 Å². The van der Waals surface area contributed by atoms with Crippen LogP contribution < -0.4 is 0 Å². The Morgan fingerprint density at radius 2 is 1.93 bits per heavy atom. The lowest BCUT2D eigenvalue weighted by Gasteiger charge is -2.11. The van der Waals surface area contributed by atoms with Crippen molar-refractivity contribution in [2.24, 2.45) is 0 Å². The first-order valence-electron chi connectivity index (χ1n) is 5.18. The van der Waals surface area contributed by atoms with E-state index in [0.717, 1.165) is 6.42 Å². The molecule has 0 saturated carbocycles. The lowest BCUT2D eigenvalue weighted by molar-refractivity contribution is -0.116. The van der Waals surface area contributed by atoms with Gasteiger partial charge in [0.25, 0.3) is 0 Å². The topological polar surface area (TPSA) is 17.1 Å². The molecule has 0 bridgehead atoms. The molecule has 14 heavy (non-hydrogen) atoms. The van der Waals surface area contributed by atoms with Gasteiger partial charge in [-0.15, -0.1) is 0 Å². The standard InChI is InChI=1S/C13H18O/c1-10(2)13-7-5-4-6-12(13)9-8-11(3)14/h4-7,10H,8-9H2,1-3H3. The average Bonchev–Trinajstić information content (AvgIpc) is 2.15. The molecule has 1 aromatic rings. The van der Waals surface area contributed by atoms with Crippen molar-refractivity contribution < 1.29 is 4.79 Å². The Balaban J connectivity index is 2.79. The average molecular weight is 190 g/mol. The van der Waals surface area contributed by atoms with Crippen LogP contribution in [0.3, 0.4) is 0 Å². The van der Waals surface area contributed by atoms with Crippen molar-refractivity contribution in [3.8, 4) is 0 Å². The lowest BCUT2D eigenvalue weighted by atomic mass is 9.94. The van der Waals surface area contributed by atoms with Crippen molar-refractivity contribution in [1.82, 2.24) is 0 Å². The zero-order chi connectivity index (χ0) is 10.6. The number of Topliss-reactive ketones (excluding diaryl/α,β-unsaturated/α-hetero) is 1. The Hall–Kier alpha value is -1.11. The van der Waals surface area contributed by atoms with Crippen LogP contribution in [0.15, 0.2) is 24.3 Å². The van der Waals surface area contributed by atoms with Crippen LogP contribution in [0.2, 0.25) is 0 Å². The van der Waals surface area contributed by atoms with Crippen LogP contribution in [0.1, 0.15) is 44.2 Å². The lowest BCUT2D eigenvalue weighted by Crippen LogP contribution is -1.99. The van der Waals surface area contributed by atoms with E-state index in [4.69, 9.17) is 0 Å². The molecule has 0 fully saturated rings. The minimum Gasteiger partial charge on any atom is -0.300 e. The largest absolute Gasteiger partial charge is 0.300 e. The number of carbonyl (C=O) groups is 1.